The lowest BCUT2D eigenvalue weighted by Crippen LogP contribution is -2.49. The van der Waals surface area contributed by atoms with E-state index in [1.165, 1.54) is 0 Å². The van der Waals surface area contributed by atoms with E-state index in [0.717, 1.165) is 26.1 Å². The molecule has 2 aliphatic heterocycles. The second-order valence-electron chi connectivity index (χ2n) is 3.79. The van der Waals surface area contributed by atoms with Crippen LogP contribution >= 0.6 is 0 Å². The van der Waals surface area contributed by atoms with E-state index >= 15 is 0 Å². The van der Waals surface area contributed by atoms with Gasteiger partial charge < -0.3 is 10.6 Å². The fourth-order valence-corrected chi connectivity index (χ4v) is 2.12. The van der Waals surface area contributed by atoms with Crippen LogP contribution < -0.4 is 10.6 Å². The van der Waals surface area contributed by atoms with Gasteiger partial charge in [-0.3, -0.25) is 4.79 Å². The van der Waals surface area contributed by atoms with Crippen molar-refractivity contribution >= 4 is 5.91 Å². The molecule has 1 amide bonds. The van der Waals surface area contributed by atoms with Gasteiger partial charge in [-0.25, -0.2) is 0 Å². The van der Waals surface area contributed by atoms with Crippen molar-refractivity contribution in [2.24, 2.45) is 11.3 Å². The molecule has 2 atom stereocenters. The molecule has 0 spiro atoms. The molecule has 0 aliphatic carbocycles. The number of hydrogen-bond donors (Lipinski definition) is 2. The van der Waals surface area contributed by atoms with E-state index in [2.05, 4.69) is 17.6 Å². The third-order valence-electron chi connectivity index (χ3n) is 3.08. The molecular formula is C8H14N2O. The maximum absolute atomic E-state index is 11.4. The summed E-state index contributed by atoms with van der Waals surface area (Å²) in [4.78, 5) is 11.4. The molecule has 0 bridgehead atoms. The van der Waals surface area contributed by atoms with Crippen LogP contribution in [0, 0.1) is 11.3 Å². The topological polar surface area (TPSA) is 41.1 Å². The van der Waals surface area contributed by atoms with Crippen LogP contribution in [-0.4, -0.2) is 25.5 Å². The van der Waals surface area contributed by atoms with Crippen molar-refractivity contribution in [2.75, 3.05) is 19.6 Å². The molecule has 0 radical (unpaired) electrons. The van der Waals surface area contributed by atoms with E-state index in [9.17, 15) is 4.79 Å². The van der Waals surface area contributed by atoms with Gasteiger partial charge in [0.1, 0.15) is 0 Å². The third-order valence-corrected chi connectivity index (χ3v) is 3.08. The predicted octanol–water partition coefficient (Wildman–Crippen LogP) is -0.268. The van der Waals surface area contributed by atoms with Crippen molar-refractivity contribution in [3.05, 3.63) is 0 Å². The minimum atomic E-state index is -0.113. The summed E-state index contributed by atoms with van der Waals surface area (Å²) in [5.74, 6) is 0.801. The van der Waals surface area contributed by atoms with Gasteiger partial charge >= 0.3 is 0 Å². The summed E-state index contributed by atoms with van der Waals surface area (Å²) >= 11 is 0. The van der Waals surface area contributed by atoms with Gasteiger partial charge in [0.25, 0.3) is 0 Å². The monoisotopic (exact) mass is 154 g/mol. The van der Waals surface area contributed by atoms with Crippen LogP contribution in [0.25, 0.3) is 0 Å². The van der Waals surface area contributed by atoms with Gasteiger partial charge in [-0.05, 0) is 25.8 Å². The molecule has 2 fully saturated rings. The van der Waals surface area contributed by atoms with Crippen LogP contribution in [-0.2, 0) is 4.79 Å². The highest BCUT2D eigenvalue weighted by Crippen LogP contribution is 2.35. The van der Waals surface area contributed by atoms with E-state index in [-0.39, 0.29) is 11.3 Å². The predicted molar refractivity (Wildman–Crippen MR) is 42.1 cm³/mol. The lowest BCUT2D eigenvalue weighted by Gasteiger charge is -2.33. The Morgan fingerprint density at radius 3 is 3.18 bits per heavy atom. The molecule has 2 aliphatic rings. The lowest BCUT2D eigenvalue weighted by atomic mass is 9.75. The number of carbonyl (C=O) groups excluding carboxylic acids is 1. The van der Waals surface area contributed by atoms with Crippen molar-refractivity contribution in [3.8, 4) is 0 Å². The van der Waals surface area contributed by atoms with Gasteiger partial charge in [-0.1, -0.05) is 0 Å². The Balaban J connectivity index is 2.24. The summed E-state index contributed by atoms with van der Waals surface area (Å²) in [5.41, 5.74) is -0.113. The Morgan fingerprint density at radius 1 is 1.64 bits per heavy atom. The van der Waals surface area contributed by atoms with Crippen LogP contribution in [0.3, 0.4) is 0 Å². The quantitative estimate of drug-likeness (QED) is 0.504. The largest absolute Gasteiger partial charge is 0.356 e. The second-order valence-corrected chi connectivity index (χ2v) is 3.79. The molecule has 2 heterocycles. The summed E-state index contributed by atoms with van der Waals surface area (Å²) in [7, 11) is 0. The molecule has 2 rings (SSSR count). The number of rotatable bonds is 0. The van der Waals surface area contributed by atoms with Crippen molar-refractivity contribution < 1.29 is 4.79 Å². The van der Waals surface area contributed by atoms with Crippen LogP contribution in [0.15, 0.2) is 0 Å². The summed E-state index contributed by atoms with van der Waals surface area (Å²) in [5, 5.41) is 6.19. The zero-order chi connectivity index (χ0) is 7.90. The van der Waals surface area contributed by atoms with E-state index in [1.54, 1.807) is 0 Å². The van der Waals surface area contributed by atoms with Crippen molar-refractivity contribution in [2.45, 2.75) is 13.3 Å². The molecule has 0 aromatic carbocycles. The molecule has 3 nitrogen and oxygen atoms in total. The zero-order valence-electron chi connectivity index (χ0n) is 6.81. The Bertz CT molecular complexity index is 193. The molecule has 0 saturated carbocycles. The Kier molecular flexibility index (Phi) is 1.42. The SMILES string of the molecule is CC12CNCC1CCNC2=O. The highest BCUT2D eigenvalue weighted by Gasteiger charge is 2.46. The molecule has 2 N–H and O–H groups in total. The molecule has 2 unspecified atom stereocenters. The maximum Gasteiger partial charge on any atom is 0.227 e. The highest BCUT2D eigenvalue weighted by atomic mass is 16.2. The first-order valence-electron chi connectivity index (χ1n) is 4.22. The van der Waals surface area contributed by atoms with E-state index in [0.29, 0.717) is 5.92 Å². The van der Waals surface area contributed by atoms with Crippen molar-refractivity contribution in [1.82, 2.24) is 10.6 Å². The van der Waals surface area contributed by atoms with Gasteiger partial charge in [-0.15, -0.1) is 0 Å². The van der Waals surface area contributed by atoms with Crippen LogP contribution in [0.5, 0.6) is 0 Å². The minimum absolute atomic E-state index is 0.113. The Hall–Kier alpha value is -0.570. The first-order valence-corrected chi connectivity index (χ1v) is 4.22. The second kappa shape index (κ2) is 2.21. The molecule has 3 heteroatoms. The van der Waals surface area contributed by atoms with Gasteiger partial charge in [0, 0.05) is 13.1 Å². The van der Waals surface area contributed by atoms with Crippen LogP contribution in [0.4, 0.5) is 0 Å². The third kappa shape index (κ3) is 0.872. The molecule has 11 heavy (non-hydrogen) atoms. The number of nitrogens with one attached hydrogen (secondary N) is 2. The first kappa shape index (κ1) is 7.10. The highest BCUT2D eigenvalue weighted by molar-refractivity contribution is 5.84. The van der Waals surface area contributed by atoms with Gasteiger partial charge in [0.2, 0.25) is 5.91 Å². The average molecular weight is 154 g/mol. The number of carbonyl (C=O) groups is 1. The minimum Gasteiger partial charge on any atom is -0.356 e. The number of hydrogen-bond acceptors (Lipinski definition) is 2. The number of amides is 1. The van der Waals surface area contributed by atoms with Crippen molar-refractivity contribution in [3.63, 3.8) is 0 Å². The normalized spacial score (nSPS) is 43.4. The van der Waals surface area contributed by atoms with E-state index in [1.807, 2.05) is 0 Å². The number of piperidine rings is 1. The number of fused-ring (bicyclic) bond motifs is 1. The average Bonchev–Trinajstić information content (AvgIpc) is 2.34. The zero-order valence-corrected chi connectivity index (χ0v) is 6.81. The summed E-state index contributed by atoms with van der Waals surface area (Å²) in [6, 6.07) is 0. The molecule has 0 aromatic heterocycles. The van der Waals surface area contributed by atoms with E-state index in [4.69, 9.17) is 0 Å². The van der Waals surface area contributed by atoms with Crippen molar-refractivity contribution in [1.29, 1.82) is 0 Å². The van der Waals surface area contributed by atoms with E-state index < -0.39 is 0 Å². The molecule has 2 saturated heterocycles. The molecule has 0 aromatic rings. The Labute approximate surface area is 66.5 Å². The standard InChI is InChI=1S/C8H14N2O/c1-8-5-9-4-6(8)2-3-10-7(8)11/h6,9H,2-5H2,1H3,(H,10,11). The smallest absolute Gasteiger partial charge is 0.227 e. The van der Waals surface area contributed by atoms with Crippen LogP contribution in [0.1, 0.15) is 13.3 Å². The lowest BCUT2D eigenvalue weighted by molar-refractivity contribution is -0.133. The summed E-state index contributed by atoms with van der Waals surface area (Å²) in [6.45, 7) is 4.79. The van der Waals surface area contributed by atoms with Crippen LogP contribution in [0.2, 0.25) is 0 Å². The summed E-state index contributed by atoms with van der Waals surface area (Å²) in [6.07, 6.45) is 1.13. The fraction of sp³-hybridized carbons (Fsp3) is 0.875. The molecular weight excluding hydrogens is 140 g/mol. The van der Waals surface area contributed by atoms with Gasteiger partial charge in [0.15, 0.2) is 0 Å². The fourth-order valence-electron chi connectivity index (χ4n) is 2.12. The van der Waals surface area contributed by atoms with Gasteiger partial charge in [-0.2, -0.15) is 0 Å². The Morgan fingerprint density at radius 2 is 2.45 bits per heavy atom. The van der Waals surface area contributed by atoms with Gasteiger partial charge in [0.05, 0.1) is 5.41 Å². The maximum atomic E-state index is 11.4. The first-order chi connectivity index (χ1) is 5.23. The summed E-state index contributed by atoms with van der Waals surface area (Å²) < 4.78 is 0. The molecule has 62 valence electrons.